The van der Waals surface area contributed by atoms with Crippen molar-refractivity contribution in [3.63, 3.8) is 0 Å². The number of aliphatic imine (C=N–C) groups is 1. The molecule has 0 aliphatic heterocycles. The molecule has 1 aromatic carbocycles. The van der Waals surface area contributed by atoms with Gasteiger partial charge >= 0.3 is 0 Å². The minimum Gasteiger partial charge on any atom is -0.370 e. The van der Waals surface area contributed by atoms with Crippen LogP contribution >= 0.6 is 0 Å². The summed E-state index contributed by atoms with van der Waals surface area (Å²) >= 11 is 0. The molecule has 0 heterocycles. The first-order chi connectivity index (χ1) is 9.06. The SMILES string of the molecule is CCN(CC)C(N)=NCc1cccc(CN(C)C)c1. The fraction of sp³-hybridized carbons (Fsp3) is 0.533. The molecule has 0 radical (unpaired) electrons. The lowest BCUT2D eigenvalue weighted by Crippen LogP contribution is -2.37. The number of rotatable bonds is 6. The van der Waals surface area contributed by atoms with Gasteiger partial charge < -0.3 is 15.5 Å². The lowest BCUT2D eigenvalue weighted by atomic mass is 10.1. The van der Waals surface area contributed by atoms with Gasteiger partial charge in [0.05, 0.1) is 6.54 Å². The van der Waals surface area contributed by atoms with E-state index in [1.54, 1.807) is 0 Å². The van der Waals surface area contributed by atoms with E-state index in [4.69, 9.17) is 5.73 Å². The third-order valence-electron chi connectivity index (χ3n) is 3.00. The van der Waals surface area contributed by atoms with E-state index in [9.17, 15) is 0 Å². The average molecular weight is 262 g/mol. The smallest absolute Gasteiger partial charge is 0.191 e. The second-order valence-electron chi connectivity index (χ2n) is 4.90. The molecule has 4 heteroatoms. The monoisotopic (exact) mass is 262 g/mol. The Morgan fingerprint density at radius 3 is 2.37 bits per heavy atom. The molecular formula is C15H26N4. The maximum atomic E-state index is 5.97. The largest absolute Gasteiger partial charge is 0.370 e. The van der Waals surface area contributed by atoms with Crippen LogP contribution in [0.15, 0.2) is 29.3 Å². The summed E-state index contributed by atoms with van der Waals surface area (Å²) in [5.41, 5.74) is 8.48. The number of guanidine groups is 1. The van der Waals surface area contributed by atoms with Gasteiger partial charge in [-0.2, -0.15) is 0 Å². The summed E-state index contributed by atoms with van der Waals surface area (Å²) < 4.78 is 0. The zero-order valence-corrected chi connectivity index (χ0v) is 12.6. The lowest BCUT2D eigenvalue weighted by Gasteiger charge is -2.19. The Hall–Kier alpha value is -1.55. The van der Waals surface area contributed by atoms with E-state index in [2.05, 4.69) is 67.0 Å². The van der Waals surface area contributed by atoms with E-state index < -0.39 is 0 Å². The van der Waals surface area contributed by atoms with Crippen molar-refractivity contribution >= 4 is 5.96 Å². The fourth-order valence-electron chi connectivity index (χ4n) is 2.01. The van der Waals surface area contributed by atoms with Crippen LogP contribution in [0.5, 0.6) is 0 Å². The first-order valence-corrected chi connectivity index (χ1v) is 6.84. The maximum absolute atomic E-state index is 5.97. The predicted octanol–water partition coefficient (Wildman–Crippen LogP) is 1.90. The highest BCUT2D eigenvalue weighted by Crippen LogP contribution is 2.08. The van der Waals surface area contributed by atoms with Crippen LogP contribution in [0.2, 0.25) is 0 Å². The normalized spacial score (nSPS) is 11.9. The number of nitrogens with two attached hydrogens (primary N) is 1. The molecule has 0 fully saturated rings. The van der Waals surface area contributed by atoms with Crippen LogP contribution < -0.4 is 5.73 Å². The number of benzene rings is 1. The molecule has 106 valence electrons. The first kappa shape index (κ1) is 15.5. The molecule has 1 rings (SSSR count). The van der Waals surface area contributed by atoms with Gasteiger partial charge in [-0.1, -0.05) is 24.3 Å². The summed E-state index contributed by atoms with van der Waals surface area (Å²) in [5.74, 6) is 0.628. The molecule has 4 nitrogen and oxygen atoms in total. The highest BCUT2D eigenvalue weighted by atomic mass is 15.2. The highest BCUT2D eigenvalue weighted by molar-refractivity contribution is 5.77. The molecule has 0 spiro atoms. The van der Waals surface area contributed by atoms with Gasteiger partial charge in [0, 0.05) is 19.6 Å². The Kier molecular flexibility index (Phi) is 6.36. The number of hydrogen-bond donors (Lipinski definition) is 1. The number of nitrogens with zero attached hydrogens (tertiary/aromatic N) is 3. The summed E-state index contributed by atoms with van der Waals surface area (Å²) in [6.07, 6.45) is 0. The maximum Gasteiger partial charge on any atom is 0.191 e. The van der Waals surface area contributed by atoms with E-state index in [1.165, 1.54) is 11.1 Å². The molecule has 0 saturated heterocycles. The van der Waals surface area contributed by atoms with E-state index in [1.807, 2.05) is 0 Å². The predicted molar refractivity (Wildman–Crippen MR) is 82.1 cm³/mol. The van der Waals surface area contributed by atoms with Gasteiger partial charge in [0.25, 0.3) is 0 Å². The van der Waals surface area contributed by atoms with Crippen molar-refractivity contribution in [2.24, 2.45) is 10.7 Å². The topological polar surface area (TPSA) is 44.9 Å². The molecule has 0 bridgehead atoms. The van der Waals surface area contributed by atoms with Crippen molar-refractivity contribution in [1.82, 2.24) is 9.80 Å². The third kappa shape index (κ3) is 5.30. The second kappa shape index (κ2) is 7.79. The summed E-state index contributed by atoms with van der Waals surface area (Å²) in [6.45, 7) is 7.55. The van der Waals surface area contributed by atoms with E-state index >= 15 is 0 Å². The Labute approximate surface area is 116 Å². The third-order valence-corrected chi connectivity index (χ3v) is 3.00. The molecule has 0 aromatic heterocycles. The summed E-state index contributed by atoms with van der Waals surface area (Å²) in [4.78, 5) is 8.68. The van der Waals surface area contributed by atoms with Crippen molar-refractivity contribution in [3.8, 4) is 0 Å². The summed E-state index contributed by atoms with van der Waals surface area (Å²) in [5, 5.41) is 0. The quantitative estimate of drug-likeness (QED) is 0.629. The van der Waals surface area contributed by atoms with Crippen LogP contribution in [-0.4, -0.2) is 42.9 Å². The molecule has 0 saturated carbocycles. The van der Waals surface area contributed by atoms with E-state index in [0.717, 1.165) is 19.6 Å². The van der Waals surface area contributed by atoms with Crippen molar-refractivity contribution in [2.45, 2.75) is 26.9 Å². The summed E-state index contributed by atoms with van der Waals surface area (Å²) in [7, 11) is 4.15. The molecule has 0 aliphatic rings. The highest BCUT2D eigenvalue weighted by Gasteiger charge is 2.02. The molecule has 1 aromatic rings. The Morgan fingerprint density at radius 1 is 1.16 bits per heavy atom. The van der Waals surface area contributed by atoms with Crippen LogP contribution in [0.3, 0.4) is 0 Å². The summed E-state index contributed by atoms with van der Waals surface area (Å²) in [6, 6.07) is 8.51. The molecule has 0 aliphatic carbocycles. The van der Waals surface area contributed by atoms with Gasteiger partial charge in [0.2, 0.25) is 0 Å². The molecule has 0 atom stereocenters. The van der Waals surface area contributed by atoms with Crippen LogP contribution in [-0.2, 0) is 13.1 Å². The molecule has 19 heavy (non-hydrogen) atoms. The van der Waals surface area contributed by atoms with Crippen molar-refractivity contribution in [3.05, 3.63) is 35.4 Å². The molecule has 0 unspecified atom stereocenters. The molecule has 2 N–H and O–H groups in total. The Morgan fingerprint density at radius 2 is 1.79 bits per heavy atom. The minimum atomic E-state index is 0.628. The van der Waals surface area contributed by atoms with Crippen molar-refractivity contribution in [2.75, 3.05) is 27.2 Å². The molecular weight excluding hydrogens is 236 g/mol. The van der Waals surface area contributed by atoms with Gasteiger partial charge in [-0.25, -0.2) is 4.99 Å². The van der Waals surface area contributed by atoms with Crippen LogP contribution in [0.25, 0.3) is 0 Å². The van der Waals surface area contributed by atoms with Crippen molar-refractivity contribution < 1.29 is 0 Å². The van der Waals surface area contributed by atoms with Gasteiger partial charge in [0.1, 0.15) is 0 Å². The average Bonchev–Trinajstić information content (AvgIpc) is 2.37. The van der Waals surface area contributed by atoms with Gasteiger partial charge in [-0.3, -0.25) is 0 Å². The molecule has 0 amide bonds. The second-order valence-corrected chi connectivity index (χ2v) is 4.90. The van der Waals surface area contributed by atoms with E-state index in [-0.39, 0.29) is 0 Å². The van der Waals surface area contributed by atoms with Gasteiger partial charge in [0.15, 0.2) is 5.96 Å². The van der Waals surface area contributed by atoms with Gasteiger partial charge in [-0.15, -0.1) is 0 Å². The van der Waals surface area contributed by atoms with Crippen LogP contribution in [0, 0.1) is 0 Å². The zero-order chi connectivity index (χ0) is 14.3. The minimum absolute atomic E-state index is 0.628. The fourth-order valence-corrected chi connectivity index (χ4v) is 2.01. The lowest BCUT2D eigenvalue weighted by molar-refractivity contribution is 0.402. The van der Waals surface area contributed by atoms with Crippen LogP contribution in [0.1, 0.15) is 25.0 Å². The Balaban J connectivity index is 2.69. The number of hydrogen-bond acceptors (Lipinski definition) is 2. The zero-order valence-electron chi connectivity index (χ0n) is 12.6. The Bertz CT molecular complexity index is 408. The first-order valence-electron chi connectivity index (χ1n) is 6.84. The van der Waals surface area contributed by atoms with Gasteiger partial charge in [-0.05, 0) is 39.1 Å². The van der Waals surface area contributed by atoms with Crippen LogP contribution in [0.4, 0.5) is 0 Å². The van der Waals surface area contributed by atoms with Crippen molar-refractivity contribution in [1.29, 1.82) is 0 Å². The standard InChI is InChI=1S/C15H26N4/c1-5-19(6-2)15(16)17-11-13-8-7-9-14(10-13)12-18(3)4/h7-10H,5-6,11-12H2,1-4H3,(H2,16,17). The van der Waals surface area contributed by atoms with E-state index in [0.29, 0.717) is 12.5 Å².